The molecule has 108 valence electrons. The molecule has 0 saturated carbocycles. The zero-order valence-electron chi connectivity index (χ0n) is 10.9. The number of nitrogens with zero attached hydrogens (tertiary/aromatic N) is 2. The van der Waals surface area contributed by atoms with Crippen molar-refractivity contribution in [2.75, 3.05) is 16.4 Å². The normalized spacial score (nSPS) is 27.5. The van der Waals surface area contributed by atoms with Gasteiger partial charge in [0.05, 0.1) is 34.2 Å². The number of aryl methyl sites for hydroxylation is 1. The van der Waals surface area contributed by atoms with Crippen molar-refractivity contribution in [2.45, 2.75) is 25.9 Å². The van der Waals surface area contributed by atoms with E-state index in [1.165, 1.54) is 11.8 Å². The van der Waals surface area contributed by atoms with Gasteiger partial charge in [-0.3, -0.25) is 9.69 Å². The van der Waals surface area contributed by atoms with Crippen LogP contribution in [0.15, 0.2) is 0 Å². The van der Waals surface area contributed by atoms with Crippen LogP contribution < -0.4 is 10.2 Å². The average Bonchev–Trinajstić information content (AvgIpc) is 2.88. The molecule has 9 heteroatoms. The number of thiazole rings is 1. The molecule has 0 bridgehead atoms. The molecule has 2 saturated heterocycles. The first kappa shape index (κ1) is 13.5. The predicted molar refractivity (Wildman–Crippen MR) is 74.1 cm³/mol. The largest absolute Gasteiger partial charge is 0.332 e. The van der Waals surface area contributed by atoms with E-state index in [2.05, 4.69) is 10.3 Å². The molecule has 7 nitrogen and oxygen atoms in total. The lowest BCUT2D eigenvalue weighted by molar-refractivity contribution is 0.102. The summed E-state index contributed by atoms with van der Waals surface area (Å²) < 4.78 is 23.3. The number of urea groups is 1. The third-order valence-corrected chi connectivity index (χ3v) is 6.47. The molecule has 0 aromatic carbocycles. The summed E-state index contributed by atoms with van der Waals surface area (Å²) in [6, 6.07) is -1.17. The molecule has 3 rings (SSSR count). The Labute approximate surface area is 119 Å². The number of hydrogen-bond acceptors (Lipinski definition) is 6. The molecule has 1 N–H and O–H groups in total. The summed E-state index contributed by atoms with van der Waals surface area (Å²) in [5, 5.41) is 3.05. The van der Waals surface area contributed by atoms with E-state index in [4.69, 9.17) is 0 Å². The van der Waals surface area contributed by atoms with E-state index in [0.717, 1.165) is 11.3 Å². The molecular weight excluding hydrogens is 302 g/mol. The van der Waals surface area contributed by atoms with Gasteiger partial charge in [-0.2, -0.15) is 0 Å². The second-order valence-electron chi connectivity index (χ2n) is 5.04. The van der Waals surface area contributed by atoms with Crippen molar-refractivity contribution in [3.8, 4) is 0 Å². The Hall–Kier alpha value is -1.48. The standard InChI is InChI=1S/C11H13N3O4S2/c1-5-9(6(2)15)19-11(12-5)14-8-4-20(17,18)3-7(8)13-10(14)16/h7-8H,3-4H2,1-2H3,(H,13,16)/t7-,8+/m0/s1. The fourth-order valence-electron chi connectivity index (χ4n) is 2.64. The summed E-state index contributed by atoms with van der Waals surface area (Å²) >= 11 is 1.13. The molecule has 2 aliphatic rings. The minimum absolute atomic E-state index is 0.0379. The predicted octanol–water partition coefficient (Wildman–Crippen LogP) is 0.349. The van der Waals surface area contributed by atoms with Crippen LogP contribution in [0.3, 0.4) is 0 Å². The number of amides is 2. The number of carbonyl (C=O) groups is 2. The smallest absolute Gasteiger partial charge is 0.324 e. The van der Waals surface area contributed by atoms with Crippen LogP contribution in [0.25, 0.3) is 0 Å². The van der Waals surface area contributed by atoms with Crippen molar-refractivity contribution in [3.05, 3.63) is 10.6 Å². The molecule has 1 aromatic heterocycles. The Balaban J connectivity index is 1.99. The van der Waals surface area contributed by atoms with Crippen molar-refractivity contribution < 1.29 is 18.0 Å². The maximum Gasteiger partial charge on any atom is 0.324 e. The topological polar surface area (TPSA) is 96.4 Å². The van der Waals surface area contributed by atoms with Gasteiger partial charge in [0.1, 0.15) is 0 Å². The third kappa shape index (κ3) is 2.01. The molecule has 3 heterocycles. The van der Waals surface area contributed by atoms with Gasteiger partial charge in [-0.25, -0.2) is 18.2 Å². The SMILES string of the molecule is CC(=O)c1sc(N2C(=O)N[C@H]3CS(=O)(=O)C[C@H]32)nc1C. The van der Waals surface area contributed by atoms with Crippen LogP contribution in [0.1, 0.15) is 22.3 Å². The van der Waals surface area contributed by atoms with Crippen LogP contribution in [-0.2, 0) is 9.84 Å². The fourth-order valence-corrected chi connectivity index (χ4v) is 5.55. The van der Waals surface area contributed by atoms with Gasteiger partial charge in [0.25, 0.3) is 0 Å². The van der Waals surface area contributed by atoms with E-state index in [1.54, 1.807) is 6.92 Å². The van der Waals surface area contributed by atoms with Gasteiger partial charge < -0.3 is 5.32 Å². The summed E-state index contributed by atoms with van der Waals surface area (Å²) in [5.41, 5.74) is 0.564. The Morgan fingerprint density at radius 1 is 1.45 bits per heavy atom. The number of ketones is 1. The average molecular weight is 315 g/mol. The zero-order valence-corrected chi connectivity index (χ0v) is 12.5. The molecule has 0 aliphatic carbocycles. The summed E-state index contributed by atoms with van der Waals surface area (Å²) in [6.45, 7) is 3.14. The number of anilines is 1. The molecule has 0 unspecified atom stereocenters. The van der Waals surface area contributed by atoms with Crippen LogP contribution in [0.4, 0.5) is 9.93 Å². The minimum Gasteiger partial charge on any atom is -0.332 e. The van der Waals surface area contributed by atoms with E-state index < -0.39 is 21.9 Å². The lowest BCUT2D eigenvalue weighted by Gasteiger charge is -2.17. The first-order valence-corrected chi connectivity index (χ1v) is 8.71. The van der Waals surface area contributed by atoms with E-state index in [1.807, 2.05) is 0 Å². The van der Waals surface area contributed by atoms with Gasteiger partial charge >= 0.3 is 6.03 Å². The highest BCUT2D eigenvalue weighted by Crippen LogP contribution is 2.33. The van der Waals surface area contributed by atoms with Gasteiger partial charge in [-0.05, 0) is 6.92 Å². The molecule has 0 spiro atoms. The molecule has 2 fully saturated rings. The number of fused-ring (bicyclic) bond motifs is 1. The molecule has 0 radical (unpaired) electrons. The quantitative estimate of drug-likeness (QED) is 0.627. The van der Waals surface area contributed by atoms with Crippen molar-refractivity contribution in [1.29, 1.82) is 0 Å². The number of aromatic nitrogens is 1. The number of rotatable bonds is 2. The van der Waals surface area contributed by atoms with E-state index in [-0.39, 0.29) is 23.3 Å². The number of nitrogens with one attached hydrogen (secondary N) is 1. The van der Waals surface area contributed by atoms with Crippen LogP contribution >= 0.6 is 11.3 Å². The highest BCUT2D eigenvalue weighted by atomic mass is 32.2. The number of carbonyl (C=O) groups excluding carboxylic acids is 2. The molecular formula is C11H13N3O4S2. The van der Waals surface area contributed by atoms with Crippen LogP contribution in [0.5, 0.6) is 0 Å². The number of Topliss-reactive ketones (excluding diaryl/α,β-unsaturated/α-hetero) is 1. The summed E-state index contributed by atoms with van der Waals surface area (Å²) in [4.78, 5) is 29.6. The Kier molecular flexibility index (Phi) is 2.87. The Morgan fingerprint density at radius 2 is 2.15 bits per heavy atom. The summed E-state index contributed by atoms with van der Waals surface area (Å²) in [7, 11) is -3.14. The second-order valence-corrected chi connectivity index (χ2v) is 8.17. The molecule has 2 amide bonds. The van der Waals surface area contributed by atoms with Gasteiger partial charge in [-0.15, -0.1) is 0 Å². The Morgan fingerprint density at radius 3 is 2.75 bits per heavy atom. The highest BCUT2D eigenvalue weighted by molar-refractivity contribution is 7.91. The summed E-state index contributed by atoms with van der Waals surface area (Å²) in [5.74, 6) is -0.213. The first-order valence-electron chi connectivity index (χ1n) is 6.07. The second kappa shape index (κ2) is 4.26. The van der Waals surface area contributed by atoms with Crippen LogP contribution in [-0.4, -0.2) is 48.8 Å². The molecule has 2 aliphatic heterocycles. The maximum absolute atomic E-state index is 12.0. The van der Waals surface area contributed by atoms with Crippen molar-refractivity contribution in [3.63, 3.8) is 0 Å². The van der Waals surface area contributed by atoms with Crippen molar-refractivity contribution in [1.82, 2.24) is 10.3 Å². The van der Waals surface area contributed by atoms with Crippen molar-refractivity contribution >= 4 is 38.1 Å². The van der Waals surface area contributed by atoms with Crippen molar-refractivity contribution in [2.24, 2.45) is 0 Å². The molecule has 2 atom stereocenters. The first-order chi connectivity index (χ1) is 9.28. The minimum atomic E-state index is -3.14. The summed E-state index contributed by atoms with van der Waals surface area (Å²) in [6.07, 6.45) is 0. The number of hydrogen-bond donors (Lipinski definition) is 1. The van der Waals surface area contributed by atoms with Gasteiger partial charge in [0.15, 0.2) is 20.8 Å². The molecule has 20 heavy (non-hydrogen) atoms. The molecule has 1 aromatic rings. The number of sulfone groups is 1. The lowest BCUT2D eigenvalue weighted by Crippen LogP contribution is -2.36. The lowest BCUT2D eigenvalue weighted by atomic mass is 10.2. The van der Waals surface area contributed by atoms with E-state index in [0.29, 0.717) is 15.7 Å². The zero-order chi connectivity index (χ0) is 14.7. The van der Waals surface area contributed by atoms with Crippen LogP contribution in [0.2, 0.25) is 0 Å². The highest BCUT2D eigenvalue weighted by Gasteiger charge is 2.50. The maximum atomic E-state index is 12.0. The van der Waals surface area contributed by atoms with E-state index >= 15 is 0 Å². The third-order valence-electron chi connectivity index (χ3n) is 3.49. The fraction of sp³-hybridized carbons (Fsp3) is 0.545. The van der Waals surface area contributed by atoms with Gasteiger partial charge in [0, 0.05) is 6.92 Å². The van der Waals surface area contributed by atoms with Gasteiger partial charge in [0.2, 0.25) is 0 Å². The van der Waals surface area contributed by atoms with E-state index in [9.17, 15) is 18.0 Å². The Bertz CT molecular complexity index is 709. The monoisotopic (exact) mass is 315 g/mol. The van der Waals surface area contributed by atoms with Crippen LogP contribution in [0, 0.1) is 6.92 Å². The van der Waals surface area contributed by atoms with Gasteiger partial charge in [-0.1, -0.05) is 11.3 Å².